The maximum Gasteiger partial charge on any atom is 0.256 e. The summed E-state index contributed by atoms with van der Waals surface area (Å²) >= 11 is 1.62. The Labute approximate surface area is 83.1 Å². The maximum atomic E-state index is 5.39. The molecule has 0 radical (unpaired) electrons. The second kappa shape index (κ2) is 4.98. The highest BCUT2D eigenvalue weighted by Gasteiger charge is 2.04. The van der Waals surface area contributed by atoms with E-state index in [0.717, 1.165) is 35.3 Å². The van der Waals surface area contributed by atoms with Gasteiger partial charge in [-0.15, -0.1) is 12.3 Å². The Morgan fingerprint density at radius 1 is 1.54 bits per heavy atom. The fourth-order valence-corrected chi connectivity index (χ4v) is 1.69. The van der Waals surface area contributed by atoms with Crippen molar-refractivity contribution in [3.05, 3.63) is 11.5 Å². The lowest BCUT2D eigenvalue weighted by molar-refractivity contribution is 0.431. The second-order valence-corrected chi connectivity index (χ2v) is 3.82. The van der Waals surface area contributed by atoms with Gasteiger partial charge in [-0.3, -0.25) is 0 Å². The highest BCUT2D eigenvalue weighted by Crippen LogP contribution is 2.20. The molecule has 1 rings (SSSR count). The molecule has 3 heteroatoms. The van der Waals surface area contributed by atoms with Crippen LogP contribution < -0.4 is 0 Å². The van der Waals surface area contributed by atoms with Crippen molar-refractivity contribution in [1.29, 1.82) is 0 Å². The summed E-state index contributed by atoms with van der Waals surface area (Å²) < 4.78 is 5.39. The first-order valence-corrected chi connectivity index (χ1v) is 5.23. The van der Waals surface area contributed by atoms with E-state index >= 15 is 0 Å². The topological polar surface area (TPSA) is 26.0 Å². The molecule has 0 aliphatic carbocycles. The van der Waals surface area contributed by atoms with Crippen molar-refractivity contribution in [1.82, 2.24) is 4.98 Å². The number of hydrogen-bond donors (Lipinski definition) is 0. The van der Waals surface area contributed by atoms with E-state index in [2.05, 4.69) is 10.9 Å². The Morgan fingerprint density at radius 2 is 2.31 bits per heavy atom. The lowest BCUT2D eigenvalue weighted by Gasteiger charge is -1.92. The Bertz CT molecular complexity index is 292. The van der Waals surface area contributed by atoms with Gasteiger partial charge in [-0.2, -0.15) is 0 Å². The van der Waals surface area contributed by atoms with Gasteiger partial charge in [-0.05, 0) is 20.3 Å². The Balaban J connectivity index is 2.34. The molecular weight excluding hydrogens is 182 g/mol. The van der Waals surface area contributed by atoms with Crippen LogP contribution in [0, 0.1) is 26.2 Å². The van der Waals surface area contributed by atoms with Crippen molar-refractivity contribution in [3.63, 3.8) is 0 Å². The number of thioether (sulfide) groups is 1. The van der Waals surface area contributed by atoms with Gasteiger partial charge in [0.2, 0.25) is 0 Å². The predicted molar refractivity (Wildman–Crippen MR) is 54.8 cm³/mol. The third-order valence-corrected chi connectivity index (χ3v) is 2.61. The first kappa shape index (κ1) is 10.2. The number of oxazole rings is 1. The van der Waals surface area contributed by atoms with E-state index in [4.69, 9.17) is 10.8 Å². The molecule has 0 unspecified atom stereocenters. The van der Waals surface area contributed by atoms with E-state index < -0.39 is 0 Å². The van der Waals surface area contributed by atoms with Crippen LogP contribution >= 0.6 is 11.8 Å². The number of aromatic nitrogens is 1. The molecule has 0 amide bonds. The third kappa shape index (κ3) is 3.16. The zero-order chi connectivity index (χ0) is 9.68. The van der Waals surface area contributed by atoms with Crippen molar-refractivity contribution in [2.45, 2.75) is 31.9 Å². The molecule has 0 saturated carbocycles. The lowest BCUT2D eigenvalue weighted by Crippen LogP contribution is -1.79. The number of nitrogens with zero attached hydrogens (tertiary/aromatic N) is 1. The molecule has 0 aliphatic heterocycles. The molecule has 0 aliphatic rings. The van der Waals surface area contributed by atoms with Crippen LogP contribution in [0.4, 0.5) is 0 Å². The van der Waals surface area contributed by atoms with Gasteiger partial charge in [0, 0.05) is 12.2 Å². The number of hydrogen-bond acceptors (Lipinski definition) is 3. The molecular formula is C10H13NOS. The fraction of sp³-hybridized carbons (Fsp3) is 0.500. The number of aryl methyl sites for hydroxylation is 2. The number of rotatable bonds is 4. The molecule has 1 aromatic heterocycles. The first-order chi connectivity index (χ1) is 6.24. The van der Waals surface area contributed by atoms with Crippen LogP contribution in [0.1, 0.15) is 24.3 Å². The quantitative estimate of drug-likeness (QED) is 0.420. The van der Waals surface area contributed by atoms with Crippen LogP contribution in [0.15, 0.2) is 9.64 Å². The average molecular weight is 195 g/mol. The number of unbranched alkanes of at least 4 members (excludes halogenated alkanes) is 1. The van der Waals surface area contributed by atoms with Crippen molar-refractivity contribution in [2.24, 2.45) is 0 Å². The van der Waals surface area contributed by atoms with Crippen LogP contribution in [-0.4, -0.2) is 10.7 Å². The highest BCUT2D eigenvalue weighted by molar-refractivity contribution is 7.99. The number of terminal acetylenes is 1. The van der Waals surface area contributed by atoms with Crippen molar-refractivity contribution < 1.29 is 4.42 Å². The summed E-state index contributed by atoms with van der Waals surface area (Å²) in [5, 5.41) is 0.757. The Kier molecular flexibility index (Phi) is 3.91. The van der Waals surface area contributed by atoms with Gasteiger partial charge in [-0.1, -0.05) is 11.8 Å². The summed E-state index contributed by atoms with van der Waals surface area (Å²) in [7, 11) is 0. The van der Waals surface area contributed by atoms with E-state index in [-0.39, 0.29) is 0 Å². The van der Waals surface area contributed by atoms with Gasteiger partial charge >= 0.3 is 0 Å². The molecule has 0 atom stereocenters. The van der Waals surface area contributed by atoms with Gasteiger partial charge < -0.3 is 4.42 Å². The smallest absolute Gasteiger partial charge is 0.256 e. The predicted octanol–water partition coefficient (Wildman–Crippen LogP) is 2.80. The van der Waals surface area contributed by atoms with E-state index in [0.29, 0.717) is 0 Å². The summed E-state index contributed by atoms with van der Waals surface area (Å²) in [4.78, 5) is 4.25. The molecule has 0 fully saturated rings. The molecule has 70 valence electrons. The van der Waals surface area contributed by atoms with E-state index in [1.165, 1.54) is 0 Å². The van der Waals surface area contributed by atoms with Crippen LogP contribution in [0.25, 0.3) is 0 Å². The molecule has 13 heavy (non-hydrogen) atoms. The third-order valence-electron chi connectivity index (χ3n) is 1.70. The van der Waals surface area contributed by atoms with Crippen molar-refractivity contribution in [3.8, 4) is 12.3 Å². The monoisotopic (exact) mass is 195 g/mol. The van der Waals surface area contributed by atoms with Crippen LogP contribution in [0.2, 0.25) is 0 Å². The van der Waals surface area contributed by atoms with E-state index in [1.807, 2.05) is 13.8 Å². The van der Waals surface area contributed by atoms with Crippen molar-refractivity contribution >= 4 is 11.8 Å². The van der Waals surface area contributed by atoms with Gasteiger partial charge in [0.05, 0.1) is 5.69 Å². The zero-order valence-corrected chi connectivity index (χ0v) is 8.78. The molecule has 2 nitrogen and oxygen atoms in total. The molecule has 1 heterocycles. The summed E-state index contributed by atoms with van der Waals surface area (Å²) in [6.07, 6.45) is 6.98. The van der Waals surface area contributed by atoms with E-state index in [9.17, 15) is 0 Å². The minimum Gasteiger partial charge on any atom is -0.437 e. The van der Waals surface area contributed by atoms with Crippen LogP contribution in [-0.2, 0) is 0 Å². The van der Waals surface area contributed by atoms with Crippen molar-refractivity contribution in [2.75, 3.05) is 5.75 Å². The molecule has 1 aromatic rings. The molecule has 0 saturated heterocycles. The van der Waals surface area contributed by atoms with Crippen LogP contribution in [0.3, 0.4) is 0 Å². The molecule has 0 N–H and O–H groups in total. The molecule has 0 bridgehead atoms. The molecule has 0 spiro atoms. The van der Waals surface area contributed by atoms with Gasteiger partial charge in [0.1, 0.15) is 5.76 Å². The van der Waals surface area contributed by atoms with E-state index in [1.54, 1.807) is 11.8 Å². The van der Waals surface area contributed by atoms with Crippen LogP contribution in [0.5, 0.6) is 0 Å². The second-order valence-electron chi connectivity index (χ2n) is 2.78. The minimum atomic E-state index is 0.757. The Hall–Kier alpha value is -0.880. The first-order valence-electron chi connectivity index (χ1n) is 4.24. The SMILES string of the molecule is C#CCCCSc1nc(C)c(C)o1. The standard InChI is InChI=1S/C10H13NOS/c1-4-5-6-7-13-10-11-8(2)9(3)12-10/h1H,5-7H2,2-3H3. The lowest BCUT2D eigenvalue weighted by atomic mass is 10.4. The largest absolute Gasteiger partial charge is 0.437 e. The summed E-state index contributed by atoms with van der Waals surface area (Å²) in [6.45, 7) is 3.87. The average Bonchev–Trinajstić information content (AvgIpc) is 2.41. The summed E-state index contributed by atoms with van der Waals surface area (Å²) in [6, 6.07) is 0. The normalized spacial score (nSPS) is 9.92. The van der Waals surface area contributed by atoms with Gasteiger partial charge in [0.25, 0.3) is 5.22 Å². The fourth-order valence-electron chi connectivity index (χ4n) is 0.839. The minimum absolute atomic E-state index is 0.757. The maximum absolute atomic E-state index is 5.39. The summed E-state index contributed by atoms with van der Waals surface area (Å²) in [5.41, 5.74) is 0.972. The zero-order valence-electron chi connectivity index (χ0n) is 7.96. The van der Waals surface area contributed by atoms with Gasteiger partial charge in [0.15, 0.2) is 0 Å². The Morgan fingerprint density at radius 3 is 2.85 bits per heavy atom. The highest BCUT2D eigenvalue weighted by atomic mass is 32.2. The summed E-state index contributed by atoms with van der Waals surface area (Å²) in [5.74, 6) is 4.48. The molecule has 0 aromatic carbocycles. The van der Waals surface area contributed by atoms with Gasteiger partial charge in [-0.25, -0.2) is 4.98 Å².